The van der Waals surface area contributed by atoms with Gasteiger partial charge in [-0.1, -0.05) is 20.8 Å². The predicted molar refractivity (Wildman–Crippen MR) is 171 cm³/mol. The molecule has 0 aromatic carbocycles. The van der Waals surface area contributed by atoms with Gasteiger partial charge < -0.3 is 23.5 Å². The van der Waals surface area contributed by atoms with Crippen molar-refractivity contribution in [2.45, 2.75) is 137 Å². The summed E-state index contributed by atoms with van der Waals surface area (Å²) in [5.74, 6) is 0.0302. The van der Waals surface area contributed by atoms with Crippen molar-refractivity contribution in [3.63, 3.8) is 0 Å². The number of anilines is 1. The van der Waals surface area contributed by atoms with Crippen molar-refractivity contribution < 1.29 is 33.0 Å². The van der Waals surface area contributed by atoms with E-state index in [0.717, 1.165) is 10.5 Å². The zero-order chi connectivity index (χ0) is 33.3. The lowest BCUT2D eigenvalue weighted by Gasteiger charge is -2.39. The van der Waals surface area contributed by atoms with E-state index in [4.69, 9.17) is 23.6 Å². The molecule has 10 nitrogen and oxygen atoms in total. The van der Waals surface area contributed by atoms with Crippen LogP contribution in [0.5, 0.6) is 0 Å². The monoisotopic (exact) mass is 621 g/mol. The SMILES string of the molecule is Cc1cc(C[C@@H]2CN(C(=O)OC(C)(C)C)C[C@H]2O[Si](C)(C)C(C)(C)C)nc(N(C(=O)OC(C)(C)C)C(=O)OC(C)(C)C)c1. The van der Waals surface area contributed by atoms with Gasteiger partial charge in [-0.05, 0) is 111 Å². The van der Waals surface area contributed by atoms with Gasteiger partial charge in [-0.15, -0.1) is 0 Å². The highest BCUT2D eigenvalue weighted by molar-refractivity contribution is 6.74. The van der Waals surface area contributed by atoms with Crippen LogP contribution in [0.3, 0.4) is 0 Å². The van der Waals surface area contributed by atoms with Crippen LogP contribution >= 0.6 is 0 Å². The minimum Gasteiger partial charge on any atom is -0.444 e. The Morgan fingerprint density at radius 1 is 0.837 bits per heavy atom. The number of carbonyl (C=O) groups is 3. The Kier molecular flexibility index (Phi) is 10.8. The van der Waals surface area contributed by atoms with Gasteiger partial charge in [0.05, 0.1) is 6.10 Å². The molecule has 0 N–H and O–H groups in total. The Bertz CT molecular complexity index is 1150. The van der Waals surface area contributed by atoms with Crippen molar-refractivity contribution in [2.24, 2.45) is 5.92 Å². The number of carbonyl (C=O) groups excluding carboxylic acids is 3. The highest BCUT2D eigenvalue weighted by Gasteiger charge is 2.45. The number of hydrogen-bond donors (Lipinski definition) is 0. The lowest BCUT2D eigenvalue weighted by atomic mass is 9.99. The number of imide groups is 1. The third-order valence-corrected chi connectivity index (χ3v) is 11.7. The summed E-state index contributed by atoms with van der Waals surface area (Å²) in [6.45, 7) is 29.6. The molecule has 0 unspecified atom stereocenters. The van der Waals surface area contributed by atoms with Crippen LogP contribution in [0.25, 0.3) is 0 Å². The van der Waals surface area contributed by atoms with Crippen molar-refractivity contribution in [1.29, 1.82) is 0 Å². The number of ether oxygens (including phenoxy) is 3. The van der Waals surface area contributed by atoms with E-state index in [1.165, 1.54) is 0 Å². The predicted octanol–water partition coefficient (Wildman–Crippen LogP) is 7.87. The summed E-state index contributed by atoms with van der Waals surface area (Å²) in [7, 11) is -2.19. The fraction of sp³-hybridized carbons (Fsp3) is 0.750. The summed E-state index contributed by atoms with van der Waals surface area (Å²) >= 11 is 0. The Balaban J connectivity index is 2.49. The first kappa shape index (κ1) is 36.5. The Morgan fingerprint density at radius 3 is 1.77 bits per heavy atom. The number of aromatic nitrogens is 1. The molecule has 0 aliphatic carbocycles. The molecule has 3 amide bonds. The molecule has 2 heterocycles. The van der Waals surface area contributed by atoms with Crippen molar-refractivity contribution in [3.05, 3.63) is 23.4 Å². The van der Waals surface area contributed by atoms with Crippen LogP contribution in [-0.4, -0.2) is 72.5 Å². The maximum absolute atomic E-state index is 13.3. The topological polar surface area (TPSA) is 108 Å². The molecule has 1 aromatic heterocycles. The van der Waals surface area contributed by atoms with Gasteiger partial charge >= 0.3 is 18.3 Å². The molecule has 0 bridgehead atoms. The zero-order valence-electron chi connectivity index (χ0n) is 29.1. The maximum atomic E-state index is 13.3. The number of pyridine rings is 1. The van der Waals surface area contributed by atoms with Crippen LogP contribution in [0.1, 0.15) is 94.3 Å². The molecule has 43 heavy (non-hydrogen) atoms. The lowest BCUT2D eigenvalue weighted by molar-refractivity contribution is 0.0271. The molecule has 11 heteroatoms. The van der Waals surface area contributed by atoms with E-state index in [1.54, 1.807) is 52.5 Å². The molecule has 0 saturated carbocycles. The minimum absolute atomic E-state index is 0.0209. The largest absolute Gasteiger partial charge is 0.444 e. The molecule has 2 atom stereocenters. The van der Waals surface area contributed by atoms with E-state index < -0.39 is 37.3 Å². The average molecular weight is 622 g/mol. The van der Waals surface area contributed by atoms with Gasteiger partial charge in [0.2, 0.25) is 0 Å². The van der Waals surface area contributed by atoms with Crippen LogP contribution in [0, 0.1) is 12.8 Å². The van der Waals surface area contributed by atoms with Crippen LogP contribution in [0.2, 0.25) is 18.1 Å². The van der Waals surface area contributed by atoms with Gasteiger partial charge in [0.1, 0.15) is 22.6 Å². The van der Waals surface area contributed by atoms with E-state index >= 15 is 0 Å². The highest BCUT2D eigenvalue weighted by atomic mass is 28.4. The molecule has 244 valence electrons. The number of amides is 3. The average Bonchev–Trinajstić information content (AvgIpc) is 3.10. The highest BCUT2D eigenvalue weighted by Crippen LogP contribution is 2.40. The molecule has 0 spiro atoms. The summed E-state index contributed by atoms with van der Waals surface area (Å²) in [4.78, 5) is 46.9. The summed E-state index contributed by atoms with van der Waals surface area (Å²) in [6, 6.07) is 3.58. The molecule has 1 saturated heterocycles. The second-order valence-corrected chi connectivity index (χ2v) is 20.8. The fourth-order valence-electron chi connectivity index (χ4n) is 4.29. The van der Waals surface area contributed by atoms with Gasteiger partial charge in [0, 0.05) is 24.7 Å². The Labute approximate surface area is 259 Å². The number of hydrogen-bond acceptors (Lipinski definition) is 8. The van der Waals surface area contributed by atoms with Gasteiger partial charge in [0.25, 0.3) is 0 Å². The van der Waals surface area contributed by atoms with Crippen LogP contribution < -0.4 is 4.90 Å². The van der Waals surface area contributed by atoms with Crippen molar-refractivity contribution in [3.8, 4) is 0 Å². The van der Waals surface area contributed by atoms with Gasteiger partial charge in [-0.25, -0.2) is 19.4 Å². The number of aryl methyl sites for hydroxylation is 1. The van der Waals surface area contributed by atoms with Gasteiger partial charge in [-0.3, -0.25) is 0 Å². The normalized spacial score (nSPS) is 18.3. The molecule has 1 aromatic rings. The quantitative estimate of drug-likeness (QED) is 0.241. The molecule has 1 aliphatic heterocycles. The lowest BCUT2D eigenvalue weighted by Crippen LogP contribution is -2.46. The Morgan fingerprint density at radius 2 is 1.33 bits per heavy atom. The molecule has 0 radical (unpaired) electrons. The van der Waals surface area contributed by atoms with Gasteiger partial charge in [-0.2, -0.15) is 4.90 Å². The number of rotatable bonds is 5. The van der Waals surface area contributed by atoms with E-state index in [0.29, 0.717) is 25.2 Å². The van der Waals surface area contributed by atoms with Crippen molar-refractivity contribution >= 4 is 32.4 Å². The second kappa shape index (κ2) is 12.8. The third-order valence-electron chi connectivity index (χ3n) is 7.15. The molecular weight excluding hydrogens is 566 g/mol. The summed E-state index contributed by atoms with van der Waals surface area (Å²) in [6.07, 6.45) is -1.89. The summed E-state index contributed by atoms with van der Waals surface area (Å²) < 4.78 is 23.7. The zero-order valence-corrected chi connectivity index (χ0v) is 30.1. The van der Waals surface area contributed by atoms with Crippen LogP contribution in [0.15, 0.2) is 12.1 Å². The van der Waals surface area contributed by atoms with E-state index in [9.17, 15) is 14.4 Å². The summed E-state index contributed by atoms with van der Waals surface area (Å²) in [5, 5.41) is -0.0209. The van der Waals surface area contributed by atoms with E-state index in [-0.39, 0.29) is 29.0 Å². The standard InChI is InChI=1S/C32H55N3O7Si/c1-21-16-23(33-25(17-21)35(27(37)40-30(5,6)7)28(38)41-31(8,9)10)18-22-19-34(26(36)39-29(2,3)4)20-24(22)42-43(14,15)32(11,12)13/h16-17,22,24H,18-20H2,1-15H3/t22-,24-/m1/s1. The van der Waals surface area contributed by atoms with Crippen LogP contribution in [-0.2, 0) is 25.1 Å². The summed E-state index contributed by atoms with van der Waals surface area (Å²) in [5.41, 5.74) is -0.835. The van der Waals surface area contributed by atoms with Gasteiger partial charge in [0.15, 0.2) is 8.32 Å². The first-order valence-corrected chi connectivity index (χ1v) is 18.0. The molecule has 1 fully saturated rings. The molecular formula is C32H55N3O7Si. The third kappa shape index (κ3) is 11.1. The molecule has 1 aliphatic rings. The fourth-order valence-corrected chi connectivity index (χ4v) is 5.66. The second-order valence-electron chi connectivity index (χ2n) is 16.1. The van der Waals surface area contributed by atoms with Crippen LogP contribution in [0.4, 0.5) is 20.2 Å². The smallest absolute Gasteiger partial charge is 0.425 e. The first-order chi connectivity index (χ1) is 19.2. The number of nitrogens with zero attached hydrogens (tertiary/aromatic N) is 3. The minimum atomic E-state index is -2.19. The van der Waals surface area contributed by atoms with E-state index in [2.05, 4.69) is 33.9 Å². The van der Waals surface area contributed by atoms with Crippen molar-refractivity contribution in [1.82, 2.24) is 9.88 Å². The number of likely N-dealkylation sites (tertiary alicyclic amines) is 1. The van der Waals surface area contributed by atoms with Crippen molar-refractivity contribution in [2.75, 3.05) is 18.0 Å². The Hall–Kier alpha value is -2.66. The maximum Gasteiger partial charge on any atom is 0.425 e. The first-order valence-electron chi connectivity index (χ1n) is 15.1. The van der Waals surface area contributed by atoms with E-state index in [1.807, 2.05) is 33.8 Å². The molecule has 2 rings (SSSR count).